The number of rotatable bonds is 24. The van der Waals surface area contributed by atoms with E-state index in [2.05, 4.69) is 211 Å². The molecule has 0 spiro atoms. The van der Waals surface area contributed by atoms with Crippen molar-refractivity contribution in [2.24, 2.45) is 0 Å². The summed E-state index contributed by atoms with van der Waals surface area (Å²) in [7, 11) is -3.07. The number of aliphatic hydroxyl groups is 1. The lowest BCUT2D eigenvalue weighted by molar-refractivity contribution is 0.198. The number of nitrogens with zero attached hydrogens (tertiary/aromatic N) is 23. The lowest BCUT2D eigenvalue weighted by Gasteiger charge is -2.39. The first kappa shape index (κ1) is 86.9. The summed E-state index contributed by atoms with van der Waals surface area (Å²) < 4.78 is 48.8. The topological polar surface area (TPSA) is 484 Å². The van der Waals surface area contributed by atoms with E-state index in [1.807, 2.05) is 35.1 Å². The third-order valence-corrected chi connectivity index (χ3v) is 27.6. The van der Waals surface area contributed by atoms with Gasteiger partial charge in [0, 0.05) is 159 Å². The average molecular weight is 1810 g/mol. The quantitative estimate of drug-likeness (QED) is 0.0327. The SMILES string of the molecule is CS(=O)(=O)CCn1cc(-c2nc(C3(c4ccc(-c5cnc(N)nc5)cc4)CCC3)no2)cn1.CSCCn1cc(-c2nc(C3(c4ccc(-c5cnc(N)nc5)cc4)CCC3)no2)cn1.Nc1ncc(-c2ccc(C3(c4noc(-c5ccc(N6CCNCC6)cc5)n4)CCC3)cc2)cn1.Nc1ncc(-c2ccc(C3(c4noc(-c5ccc(N6CC[C@@H](O)C6)nc5)n4)CCC3)cc2)cn1. The van der Waals surface area contributed by atoms with Crippen molar-refractivity contribution in [3.63, 3.8) is 0 Å². The summed E-state index contributed by atoms with van der Waals surface area (Å²) in [5.41, 5.74) is 38.5. The number of aliphatic hydroxyl groups excluding tert-OH is 1. The van der Waals surface area contributed by atoms with Crippen molar-refractivity contribution in [3.05, 3.63) is 260 Å². The number of nitrogens with two attached hydrogens (primary N) is 4. The fourth-order valence-corrected chi connectivity index (χ4v) is 18.6. The highest BCUT2D eigenvalue weighted by Crippen LogP contribution is 2.53. The molecular weight excluding hydrogens is 1710 g/mol. The zero-order chi connectivity index (χ0) is 90.4. The molecule has 0 radical (unpaired) electrons. The number of nitrogen functional groups attached to an aromatic ring is 4. The molecule has 4 saturated carbocycles. The van der Waals surface area contributed by atoms with Crippen LogP contribution in [0.3, 0.4) is 0 Å². The standard InChI is InChI=1S/C26H27N7O.C25H25N7O2.C22H23N7O3S.C22H23N7OS/c27-25-29-16-20(17-30-25)18-2-6-21(7-3-18)26(10-1-11-26)24-31-23(34-32-24)19-4-8-22(9-5-19)33-14-12-28-13-15-33;26-24-28-13-18(14-29-24)16-2-5-19(6-3-16)25(9-1-10-25)23-30-22(34-31-23)17-4-7-21(27-12-17)32-11-8-20(33)15-32;1-33(30,31)10-9-29-14-17(13-26-29)19-27-20(28-32-19)22(7-2-8-22)18-5-3-15(4-6-18)16-11-24-21(23)25-12-16;1-31-10-9-29-14-17(13-26-29)19-27-20(28-30-19)22(7-2-8-22)18-5-3-15(4-6-18)16-11-24-21(23)25-12-16/h2-9,16-17,28H,1,10-15H2,(H2,27,29,30);2-7,12-14,20,33H,1,8-11,15H2,(H2,26,28,29);3-6,11-14H,2,7-10H2,1H3,(H2,23,24,25);3-6,11-14H,2,7-10H2,1H3,(H2,23,24,25)/t;20-;;/m.1../s1. The van der Waals surface area contributed by atoms with Gasteiger partial charge in [0.1, 0.15) is 15.7 Å². The zero-order valence-electron chi connectivity index (χ0n) is 72.9. The summed E-state index contributed by atoms with van der Waals surface area (Å²) in [6.07, 6.45) is 38.8. The van der Waals surface area contributed by atoms with Crippen LogP contribution in [0.2, 0.25) is 0 Å². The lowest BCUT2D eigenvalue weighted by atomic mass is 9.64. The van der Waals surface area contributed by atoms with Gasteiger partial charge in [0.2, 0.25) is 23.8 Å². The molecule has 0 amide bonds. The van der Waals surface area contributed by atoms with E-state index in [1.54, 1.807) is 90.8 Å². The molecule has 5 aromatic carbocycles. The maximum Gasteiger partial charge on any atom is 0.261 e. The highest BCUT2D eigenvalue weighted by molar-refractivity contribution is 7.98. The number of piperazine rings is 1. The molecule has 132 heavy (non-hydrogen) atoms. The van der Waals surface area contributed by atoms with Crippen molar-refractivity contribution in [2.45, 2.75) is 124 Å². The first-order valence-electron chi connectivity index (χ1n) is 44.1. The number of sulfone groups is 1. The number of nitrogens with one attached hydrogen (secondary N) is 1. The van der Waals surface area contributed by atoms with Crippen LogP contribution in [0.4, 0.5) is 35.3 Å². The summed E-state index contributed by atoms with van der Waals surface area (Å²) in [6, 6.07) is 45.9. The number of thioether (sulfide) groups is 1. The fraction of sp³-hybridized carbons (Fsp3) is 0.316. The molecule has 6 aliphatic rings. The molecule has 37 heteroatoms. The summed E-state index contributed by atoms with van der Waals surface area (Å²) in [4.78, 5) is 60.7. The largest absolute Gasteiger partial charge is 0.391 e. The zero-order valence-corrected chi connectivity index (χ0v) is 74.5. The van der Waals surface area contributed by atoms with E-state index in [9.17, 15) is 13.5 Å². The van der Waals surface area contributed by atoms with E-state index in [1.165, 1.54) is 28.6 Å². The van der Waals surface area contributed by atoms with Crippen LogP contribution < -0.4 is 38.1 Å². The molecule has 0 unspecified atom stereocenters. The fourth-order valence-electron chi connectivity index (χ4n) is 17.7. The Morgan fingerprint density at radius 3 is 1.03 bits per heavy atom. The van der Waals surface area contributed by atoms with Gasteiger partial charge in [0.15, 0.2) is 23.3 Å². The Morgan fingerprint density at radius 1 is 0.394 bits per heavy atom. The van der Waals surface area contributed by atoms with E-state index in [-0.39, 0.29) is 63.9 Å². The first-order chi connectivity index (χ1) is 64.3. The molecular formula is C95H98N28O7S2. The number of anilines is 6. The molecule has 22 rings (SSSR count). The average Bonchev–Trinajstić information content (AvgIpc) is 1.54. The van der Waals surface area contributed by atoms with E-state index < -0.39 is 9.84 Å². The van der Waals surface area contributed by atoms with Crippen molar-refractivity contribution in [1.82, 2.24) is 110 Å². The molecule has 10 N–H and O–H groups in total. The lowest BCUT2D eigenvalue weighted by Crippen LogP contribution is -2.43. The Labute approximate surface area is 764 Å². The van der Waals surface area contributed by atoms with Gasteiger partial charge in [-0.3, -0.25) is 9.36 Å². The maximum absolute atomic E-state index is 11.4. The third kappa shape index (κ3) is 18.5. The van der Waals surface area contributed by atoms with Crippen LogP contribution in [-0.4, -0.2) is 188 Å². The van der Waals surface area contributed by atoms with Gasteiger partial charge < -0.3 is 61.3 Å². The number of benzene rings is 5. The van der Waals surface area contributed by atoms with Crippen LogP contribution in [0.1, 0.15) is 129 Å². The van der Waals surface area contributed by atoms with Gasteiger partial charge in [-0.1, -0.05) is 143 Å². The summed E-state index contributed by atoms with van der Waals surface area (Å²) in [6.45, 7) is 6.64. The summed E-state index contributed by atoms with van der Waals surface area (Å²) in [5, 5.41) is 39.2. The van der Waals surface area contributed by atoms with Crippen LogP contribution in [0.5, 0.6) is 0 Å². The molecule has 1 atom stereocenters. The number of hydrogen-bond acceptors (Lipinski definition) is 34. The van der Waals surface area contributed by atoms with Crippen LogP contribution in [0, 0.1) is 0 Å². The van der Waals surface area contributed by atoms with Crippen molar-refractivity contribution in [2.75, 3.05) is 96.0 Å². The highest BCUT2D eigenvalue weighted by Gasteiger charge is 2.48. The monoisotopic (exact) mass is 1810 g/mol. The maximum atomic E-state index is 11.4. The van der Waals surface area contributed by atoms with Crippen LogP contribution in [0.25, 0.3) is 90.3 Å². The molecule has 35 nitrogen and oxygen atoms in total. The molecule has 13 heterocycles. The summed E-state index contributed by atoms with van der Waals surface area (Å²) >= 11 is 1.79. The van der Waals surface area contributed by atoms with Crippen molar-refractivity contribution in [3.8, 4) is 90.3 Å². The Hall–Kier alpha value is -14.4. The van der Waals surface area contributed by atoms with Crippen LogP contribution in [0.15, 0.2) is 232 Å². The number of β-amino-alcohol motifs (C(OH)–C–C–N with tert-alkyl or cyclic N) is 1. The molecule has 6 fully saturated rings. The minimum Gasteiger partial charge on any atom is -0.391 e. The normalized spacial score (nSPS) is 16.8. The minimum absolute atomic E-state index is 0.0187. The first-order valence-corrected chi connectivity index (χ1v) is 47.6. The molecule has 2 saturated heterocycles. The Balaban J connectivity index is 0.000000114. The third-order valence-electron chi connectivity index (χ3n) is 26.1. The van der Waals surface area contributed by atoms with E-state index in [0.717, 1.165) is 213 Å². The number of aromatic nitrogens is 21. The number of pyridine rings is 1. The minimum atomic E-state index is -3.07. The number of hydrogen-bond donors (Lipinski definition) is 6. The van der Waals surface area contributed by atoms with E-state index in [0.29, 0.717) is 47.3 Å². The van der Waals surface area contributed by atoms with Gasteiger partial charge in [0.25, 0.3) is 23.6 Å². The van der Waals surface area contributed by atoms with E-state index >= 15 is 0 Å². The Kier molecular flexibility index (Phi) is 24.7. The second kappa shape index (κ2) is 37.6. The van der Waals surface area contributed by atoms with Gasteiger partial charge in [-0.05, 0) is 145 Å². The second-order valence-electron chi connectivity index (χ2n) is 34.2. The predicted octanol–water partition coefficient (Wildman–Crippen LogP) is 13.2. The highest BCUT2D eigenvalue weighted by atomic mass is 32.2. The van der Waals surface area contributed by atoms with Crippen molar-refractivity contribution < 1.29 is 31.6 Å². The van der Waals surface area contributed by atoms with Gasteiger partial charge in [-0.25, -0.2) is 53.3 Å². The second-order valence-corrected chi connectivity index (χ2v) is 37.5. The Bertz CT molecular complexity index is 6510. The smallest absolute Gasteiger partial charge is 0.261 e. The van der Waals surface area contributed by atoms with Crippen LogP contribution >= 0.6 is 11.8 Å². The molecule has 11 aromatic heterocycles. The molecule has 16 aromatic rings. The van der Waals surface area contributed by atoms with Gasteiger partial charge in [-0.2, -0.15) is 41.9 Å². The summed E-state index contributed by atoms with van der Waals surface area (Å²) in [5.74, 6) is 7.75. The van der Waals surface area contributed by atoms with Crippen molar-refractivity contribution >= 4 is 56.9 Å². The molecule has 0 bridgehead atoms. The van der Waals surface area contributed by atoms with Gasteiger partial charge >= 0.3 is 0 Å². The van der Waals surface area contributed by atoms with Crippen LogP contribution in [-0.2, 0) is 44.6 Å². The molecule has 672 valence electrons. The van der Waals surface area contributed by atoms with E-state index in [4.69, 9.17) is 56.0 Å². The predicted molar refractivity (Wildman–Crippen MR) is 500 cm³/mol. The number of aryl methyl sites for hydroxylation is 2. The molecule has 4 aliphatic carbocycles. The van der Waals surface area contributed by atoms with Gasteiger partial charge in [-0.15, -0.1) is 0 Å². The Morgan fingerprint density at radius 2 is 0.720 bits per heavy atom. The molecule has 2 aliphatic heterocycles. The van der Waals surface area contributed by atoms with Gasteiger partial charge in [0.05, 0.1) is 69.1 Å². The van der Waals surface area contributed by atoms with Crippen molar-refractivity contribution in [1.29, 1.82) is 0 Å².